The maximum absolute atomic E-state index is 13.2. The molecule has 0 saturated heterocycles. The summed E-state index contributed by atoms with van der Waals surface area (Å²) in [5, 5.41) is 21.6. The zero-order valence-corrected chi connectivity index (χ0v) is 17.0. The van der Waals surface area contributed by atoms with Crippen LogP contribution in [0.3, 0.4) is 0 Å². The number of rotatable bonds is 4. The van der Waals surface area contributed by atoms with E-state index in [4.69, 9.17) is 9.84 Å². The Kier molecular flexibility index (Phi) is 4.59. The zero-order chi connectivity index (χ0) is 20.7. The summed E-state index contributed by atoms with van der Waals surface area (Å²) < 4.78 is 20.2. The quantitative estimate of drug-likeness (QED) is 0.534. The largest absolute Gasteiger partial charge is 0.497 e. The average Bonchev–Trinajstić information content (AvgIpc) is 3.40. The van der Waals surface area contributed by atoms with E-state index in [0.29, 0.717) is 22.4 Å². The highest BCUT2D eigenvalue weighted by atomic mass is 32.2. The number of nitrogens with one attached hydrogen (secondary N) is 1. The maximum Gasteiger partial charge on any atom is 0.213 e. The van der Waals surface area contributed by atoms with E-state index in [0.717, 1.165) is 22.6 Å². The highest BCUT2D eigenvalue weighted by Gasteiger charge is 2.27. The topological polar surface area (TPSA) is 81.0 Å². The summed E-state index contributed by atoms with van der Waals surface area (Å²) in [5.74, 6) is 1.08. The first-order chi connectivity index (χ1) is 14.6. The number of nitrogens with zero attached hydrogens (tertiary/aromatic N) is 5. The lowest BCUT2D eigenvalue weighted by Gasteiger charge is -2.19. The van der Waals surface area contributed by atoms with Crippen molar-refractivity contribution in [3.63, 3.8) is 0 Å². The number of ether oxygens (including phenoxy) is 1. The number of aromatic amines is 1. The van der Waals surface area contributed by atoms with Crippen molar-refractivity contribution < 1.29 is 9.13 Å². The van der Waals surface area contributed by atoms with Crippen LogP contribution in [0.5, 0.6) is 5.75 Å². The number of halogens is 1. The van der Waals surface area contributed by atoms with Crippen LogP contribution in [0.4, 0.5) is 4.39 Å². The average molecular weight is 420 g/mol. The number of fused-ring (bicyclic) bond motifs is 1. The van der Waals surface area contributed by atoms with Gasteiger partial charge in [0.1, 0.15) is 17.3 Å². The molecule has 1 aliphatic heterocycles. The second-order valence-corrected chi connectivity index (χ2v) is 8.07. The van der Waals surface area contributed by atoms with E-state index >= 15 is 0 Å². The summed E-state index contributed by atoms with van der Waals surface area (Å²) in [5.41, 5.74) is 4.12. The van der Waals surface area contributed by atoms with Gasteiger partial charge in [-0.05, 0) is 67.1 Å². The van der Waals surface area contributed by atoms with E-state index < -0.39 is 0 Å². The summed E-state index contributed by atoms with van der Waals surface area (Å²) in [6.45, 7) is 2.09. The third kappa shape index (κ3) is 3.26. The fourth-order valence-electron chi connectivity index (χ4n) is 3.26. The molecule has 5 rings (SSSR count). The van der Waals surface area contributed by atoms with E-state index in [-0.39, 0.29) is 11.1 Å². The SMILES string of the molecule is COc1ccc(C2=Nn3c(nnc3-c3cc(-c4ccc(F)cc4)n[nH]3)SC2C)cc1. The Morgan fingerprint density at radius 2 is 1.77 bits per heavy atom. The van der Waals surface area contributed by atoms with Crippen LogP contribution in [0.15, 0.2) is 64.9 Å². The van der Waals surface area contributed by atoms with Crippen molar-refractivity contribution in [2.75, 3.05) is 7.11 Å². The first-order valence-electron chi connectivity index (χ1n) is 9.29. The van der Waals surface area contributed by atoms with E-state index in [2.05, 4.69) is 27.3 Å². The standard InChI is InChI=1S/C21H17FN6OS/c1-12-19(14-5-9-16(29-2)10-6-14)27-28-20(25-26-21(28)30-12)18-11-17(23-24-18)13-3-7-15(22)8-4-13/h3-12H,1-2H3,(H,23,24). The normalized spacial score (nSPS) is 15.6. The van der Waals surface area contributed by atoms with Crippen molar-refractivity contribution in [2.45, 2.75) is 17.3 Å². The van der Waals surface area contributed by atoms with E-state index in [1.54, 1.807) is 35.7 Å². The number of hydrogen-bond donors (Lipinski definition) is 1. The van der Waals surface area contributed by atoms with Gasteiger partial charge in [-0.15, -0.1) is 10.2 Å². The van der Waals surface area contributed by atoms with Crippen LogP contribution in [0, 0.1) is 5.82 Å². The first-order valence-corrected chi connectivity index (χ1v) is 10.2. The number of thioether (sulfide) groups is 1. The lowest BCUT2D eigenvalue weighted by atomic mass is 10.1. The molecule has 1 unspecified atom stereocenters. The van der Waals surface area contributed by atoms with Crippen LogP contribution in [-0.4, -0.2) is 43.1 Å². The minimum absolute atomic E-state index is 0.125. The first kappa shape index (κ1) is 18.6. The highest BCUT2D eigenvalue weighted by Crippen LogP contribution is 2.33. The maximum atomic E-state index is 13.2. The summed E-state index contributed by atoms with van der Waals surface area (Å²) in [6.07, 6.45) is 0. The number of H-pyrrole nitrogens is 1. The van der Waals surface area contributed by atoms with Gasteiger partial charge in [-0.2, -0.15) is 14.9 Å². The zero-order valence-electron chi connectivity index (χ0n) is 16.2. The van der Waals surface area contributed by atoms with Crippen LogP contribution >= 0.6 is 11.8 Å². The fourth-order valence-corrected chi connectivity index (χ4v) is 4.19. The molecule has 9 heteroatoms. The Labute approximate surface area is 176 Å². The molecule has 4 aromatic rings. The number of hydrogen-bond acceptors (Lipinski definition) is 6. The molecule has 30 heavy (non-hydrogen) atoms. The molecule has 3 heterocycles. The van der Waals surface area contributed by atoms with Crippen LogP contribution in [-0.2, 0) is 0 Å². The Morgan fingerprint density at radius 3 is 2.50 bits per heavy atom. The van der Waals surface area contributed by atoms with Gasteiger partial charge >= 0.3 is 0 Å². The molecule has 7 nitrogen and oxygen atoms in total. The Balaban J connectivity index is 1.52. The monoisotopic (exact) mass is 420 g/mol. The molecule has 2 aromatic carbocycles. The van der Waals surface area contributed by atoms with Crippen molar-refractivity contribution in [3.8, 4) is 28.5 Å². The van der Waals surface area contributed by atoms with Gasteiger partial charge in [-0.25, -0.2) is 4.39 Å². The second kappa shape index (κ2) is 7.42. The molecule has 0 saturated carbocycles. The van der Waals surface area contributed by atoms with Crippen LogP contribution in [0.2, 0.25) is 0 Å². The van der Waals surface area contributed by atoms with Gasteiger partial charge in [0.2, 0.25) is 11.0 Å². The molecular formula is C21H17FN6OS. The molecule has 150 valence electrons. The number of aromatic nitrogens is 5. The van der Waals surface area contributed by atoms with Crippen LogP contribution in [0.25, 0.3) is 22.8 Å². The smallest absolute Gasteiger partial charge is 0.213 e. The highest BCUT2D eigenvalue weighted by molar-refractivity contribution is 8.00. The Bertz CT molecular complexity index is 1230. The third-order valence-electron chi connectivity index (χ3n) is 4.83. The summed E-state index contributed by atoms with van der Waals surface area (Å²) in [6, 6.07) is 15.9. The van der Waals surface area contributed by atoms with Crippen molar-refractivity contribution in [1.82, 2.24) is 25.1 Å². The van der Waals surface area contributed by atoms with Gasteiger partial charge in [0.05, 0.1) is 23.8 Å². The van der Waals surface area contributed by atoms with Crippen LogP contribution < -0.4 is 4.74 Å². The molecular weight excluding hydrogens is 403 g/mol. The van der Waals surface area contributed by atoms with E-state index in [1.807, 2.05) is 30.3 Å². The molecule has 0 bridgehead atoms. The minimum atomic E-state index is -0.285. The van der Waals surface area contributed by atoms with Gasteiger partial charge in [0, 0.05) is 5.56 Å². The van der Waals surface area contributed by atoms with E-state index in [9.17, 15) is 4.39 Å². The van der Waals surface area contributed by atoms with Gasteiger partial charge in [0.25, 0.3) is 0 Å². The van der Waals surface area contributed by atoms with Crippen molar-refractivity contribution in [2.24, 2.45) is 5.10 Å². The molecule has 1 atom stereocenters. The van der Waals surface area contributed by atoms with Gasteiger partial charge in [-0.1, -0.05) is 11.8 Å². The summed E-state index contributed by atoms with van der Waals surface area (Å²) in [4.78, 5) is 0. The molecule has 0 aliphatic carbocycles. The predicted octanol–water partition coefficient (Wildman–Crippen LogP) is 4.23. The molecule has 0 spiro atoms. The third-order valence-corrected chi connectivity index (χ3v) is 5.87. The molecule has 1 aliphatic rings. The van der Waals surface area contributed by atoms with Crippen molar-refractivity contribution in [3.05, 3.63) is 66.0 Å². The number of methoxy groups -OCH3 is 1. The lowest BCUT2D eigenvalue weighted by Crippen LogP contribution is -2.21. The van der Waals surface area contributed by atoms with E-state index in [1.165, 1.54) is 12.1 Å². The predicted molar refractivity (Wildman–Crippen MR) is 113 cm³/mol. The second-order valence-electron chi connectivity index (χ2n) is 6.77. The summed E-state index contributed by atoms with van der Waals surface area (Å²) >= 11 is 1.60. The molecule has 2 aromatic heterocycles. The van der Waals surface area contributed by atoms with Gasteiger partial charge in [-0.3, -0.25) is 5.10 Å². The molecule has 1 N–H and O–H groups in total. The fraction of sp³-hybridized carbons (Fsp3) is 0.143. The Morgan fingerprint density at radius 1 is 1.03 bits per heavy atom. The molecule has 0 amide bonds. The van der Waals surface area contributed by atoms with Crippen molar-refractivity contribution >= 4 is 17.5 Å². The minimum Gasteiger partial charge on any atom is -0.497 e. The van der Waals surface area contributed by atoms with Gasteiger partial charge in [0.15, 0.2) is 0 Å². The Hall–Kier alpha value is -3.46. The number of benzene rings is 2. The molecule has 0 fully saturated rings. The molecule has 0 radical (unpaired) electrons. The van der Waals surface area contributed by atoms with Crippen LogP contribution in [0.1, 0.15) is 12.5 Å². The van der Waals surface area contributed by atoms with Gasteiger partial charge < -0.3 is 4.74 Å². The summed E-state index contributed by atoms with van der Waals surface area (Å²) in [7, 11) is 1.64. The van der Waals surface area contributed by atoms with Crippen molar-refractivity contribution in [1.29, 1.82) is 0 Å². The lowest BCUT2D eigenvalue weighted by molar-refractivity contribution is 0.415.